The standard InChI is InChI=1S/C19H17F3N2O6/c1-10-3-6-14(30-10)18(28,19(20,21)22)7-8-24-15(25)12-5-4-11(16(26)29-2)9-13(12)23-17(24)27/h3-6,9,28H,7-8H2,1-2H3,(H,23,27)/t18-/m1/s1. The number of aromatic nitrogens is 2. The van der Waals surface area contributed by atoms with Gasteiger partial charge in [0.25, 0.3) is 5.56 Å². The molecule has 0 aliphatic rings. The highest BCUT2D eigenvalue weighted by atomic mass is 19.4. The highest BCUT2D eigenvalue weighted by Gasteiger charge is 2.56. The van der Waals surface area contributed by atoms with Crippen LogP contribution in [0.25, 0.3) is 10.9 Å². The van der Waals surface area contributed by atoms with Gasteiger partial charge in [-0.05, 0) is 37.3 Å². The smallest absolute Gasteiger partial charge is 0.424 e. The maximum atomic E-state index is 13.6. The van der Waals surface area contributed by atoms with Crippen molar-refractivity contribution in [3.8, 4) is 0 Å². The zero-order chi connectivity index (χ0) is 22.3. The number of carbonyl (C=O) groups excluding carboxylic acids is 1. The summed E-state index contributed by atoms with van der Waals surface area (Å²) in [6.07, 6.45) is -6.14. The number of aliphatic hydroxyl groups is 1. The van der Waals surface area contributed by atoms with Crippen LogP contribution < -0.4 is 11.2 Å². The second-order valence-corrected chi connectivity index (χ2v) is 6.66. The minimum atomic E-state index is -5.11. The molecule has 0 radical (unpaired) electrons. The van der Waals surface area contributed by atoms with Crippen molar-refractivity contribution in [1.29, 1.82) is 0 Å². The number of benzene rings is 1. The van der Waals surface area contributed by atoms with E-state index in [9.17, 15) is 32.7 Å². The molecule has 30 heavy (non-hydrogen) atoms. The summed E-state index contributed by atoms with van der Waals surface area (Å²) in [5.41, 5.74) is -5.15. The van der Waals surface area contributed by atoms with Crippen molar-refractivity contribution in [3.63, 3.8) is 0 Å². The van der Waals surface area contributed by atoms with Gasteiger partial charge in [-0.15, -0.1) is 0 Å². The highest BCUT2D eigenvalue weighted by Crippen LogP contribution is 2.42. The first-order valence-electron chi connectivity index (χ1n) is 8.69. The molecule has 8 nitrogen and oxygen atoms in total. The minimum Gasteiger partial charge on any atom is -0.465 e. The van der Waals surface area contributed by atoms with E-state index < -0.39 is 47.7 Å². The number of hydrogen-bond donors (Lipinski definition) is 2. The van der Waals surface area contributed by atoms with Crippen molar-refractivity contribution in [2.24, 2.45) is 0 Å². The normalized spacial score (nSPS) is 13.9. The van der Waals surface area contributed by atoms with Crippen LogP contribution in [0, 0.1) is 6.92 Å². The van der Waals surface area contributed by atoms with E-state index in [4.69, 9.17) is 4.42 Å². The Morgan fingerprint density at radius 3 is 2.50 bits per heavy atom. The van der Waals surface area contributed by atoms with Crippen molar-refractivity contribution in [2.45, 2.75) is 31.7 Å². The Balaban J connectivity index is 2.02. The lowest BCUT2D eigenvalue weighted by molar-refractivity contribution is -0.276. The summed E-state index contributed by atoms with van der Waals surface area (Å²) >= 11 is 0. The number of carbonyl (C=O) groups is 1. The molecule has 160 valence electrons. The number of aromatic amines is 1. The number of H-pyrrole nitrogens is 1. The molecule has 3 rings (SSSR count). The van der Waals surface area contributed by atoms with Crippen LogP contribution in [-0.2, 0) is 16.9 Å². The molecule has 0 unspecified atom stereocenters. The monoisotopic (exact) mass is 426 g/mol. The second-order valence-electron chi connectivity index (χ2n) is 6.66. The van der Waals surface area contributed by atoms with Crippen molar-refractivity contribution in [1.82, 2.24) is 9.55 Å². The maximum Gasteiger partial charge on any atom is 0.424 e. The third-order valence-corrected chi connectivity index (χ3v) is 4.72. The van der Waals surface area contributed by atoms with Crippen molar-refractivity contribution >= 4 is 16.9 Å². The fourth-order valence-corrected chi connectivity index (χ4v) is 3.04. The van der Waals surface area contributed by atoms with Crippen LogP contribution in [0.5, 0.6) is 0 Å². The van der Waals surface area contributed by atoms with Crippen LogP contribution in [0.15, 0.2) is 44.3 Å². The Hall–Kier alpha value is -3.34. The Kier molecular flexibility index (Phi) is 5.33. The average Bonchev–Trinajstić information content (AvgIpc) is 3.12. The summed E-state index contributed by atoms with van der Waals surface area (Å²) in [6, 6.07) is 6.02. The molecule has 2 aromatic heterocycles. The lowest BCUT2D eigenvalue weighted by Crippen LogP contribution is -2.45. The van der Waals surface area contributed by atoms with Crippen LogP contribution in [-0.4, -0.2) is 33.9 Å². The largest absolute Gasteiger partial charge is 0.465 e. The predicted molar refractivity (Wildman–Crippen MR) is 98.2 cm³/mol. The number of nitrogens with zero attached hydrogens (tertiary/aromatic N) is 1. The van der Waals surface area contributed by atoms with E-state index >= 15 is 0 Å². The Morgan fingerprint density at radius 2 is 1.93 bits per heavy atom. The van der Waals surface area contributed by atoms with Crippen LogP contribution >= 0.6 is 0 Å². The van der Waals surface area contributed by atoms with E-state index in [0.717, 1.165) is 13.2 Å². The van der Waals surface area contributed by atoms with Crippen LogP contribution in [0.3, 0.4) is 0 Å². The van der Waals surface area contributed by atoms with Crippen molar-refractivity contribution < 1.29 is 32.2 Å². The number of furan rings is 1. The predicted octanol–water partition coefficient (Wildman–Crippen LogP) is 2.22. The van der Waals surface area contributed by atoms with E-state index in [1.165, 1.54) is 31.2 Å². The summed E-state index contributed by atoms with van der Waals surface area (Å²) in [5, 5.41) is 10.3. The lowest BCUT2D eigenvalue weighted by atomic mass is 9.95. The summed E-state index contributed by atoms with van der Waals surface area (Å²) in [4.78, 5) is 38.9. The van der Waals surface area contributed by atoms with E-state index in [1.807, 2.05) is 0 Å². The van der Waals surface area contributed by atoms with Crippen molar-refractivity contribution in [3.05, 3.63) is 68.3 Å². The topological polar surface area (TPSA) is 115 Å². The van der Waals surface area contributed by atoms with Gasteiger partial charge >= 0.3 is 17.8 Å². The number of ether oxygens (including phenoxy) is 1. The number of aryl methyl sites for hydroxylation is 1. The van der Waals surface area contributed by atoms with Gasteiger partial charge in [-0.2, -0.15) is 13.2 Å². The van der Waals surface area contributed by atoms with Crippen LogP contribution in [0.4, 0.5) is 13.2 Å². The third-order valence-electron chi connectivity index (χ3n) is 4.72. The molecule has 2 N–H and O–H groups in total. The highest BCUT2D eigenvalue weighted by molar-refractivity contribution is 5.93. The van der Waals surface area contributed by atoms with Gasteiger partial charge in [0.15, 0.2) is 0 Å². The first kappa shape index (κ1) is 21.4. The molecule has 0 aliphatic carbocycles. The van der Waals surface area contributed by atoms with Crippen molar-refractivity contribution in [2.75, 3.05) is 7.11 Å². The zero-order valence-corrected chi connectivity index (χ0v) is 15.9. The summed E-state index contributed by atoms with van der Waals surface area (Å²) in [6.45, 7) is 0.681. The molecule has 1 aromatic carbocycles. The molecule has 0 fully saturated rings. The number of halogens is 3. The fraction of sp³-hybridized carbons (Fsp3) is 0.316. The van der Waals surface area contributed by atoms with Gasteiger partial charge in [-0.1, -0.05) is 0 Å². The summed E-state index contributed by atoms with van der Waals surface area (Å²) < 4.78 is 50.8. The number of nitrogens with one attached hydrogen (secondary N) is 1. The van der Waals surface area contributed by atoms with E-state index in [2.05, 4.69) is 9.72 Å². The third kappa shape index (κ3) is 3.63. The molecule has 1 atom stereocenters. The Labute approximate surface area is 166 Å². The van der Waals surface area contributed by atoms with Gasteiger partial charge in [0, 0.05) is 13.0 Å². The first-order valence-corrected chi connectivity index (χ1v) is 8.69. The summed E-state index contributed by atoms with van der Waals surface area (Å²) in [7, 11) is 1.16. The van der Waals surface area contributed by atoms with Gasteiger partial charge in [-0.25, -0.2) is 9.59 Å². The van der Waals surface area contributed by atoms with Gasteiger partial charge < -0.3 is 19.2 Å². The Bertz CT molecular complexity index is 1220. The molecule has 0 aliphatic heterocycles. The van der Waals surface area contributed by atoms with Gasteiger partial charge in [0.05, 0.1) is 23.6 Å². The number of alkyl halides is 3. The second kappa shape index (κ2) is 7.48. The molecule has 0 saturated heterocycles. The number of esters is 1. The number of fused-ring (bicyclic) bond motifs is 1. The van der Waals surface area contributed by atoms with E-state index in [0.29, 0.717) is 4.57 Å². The molecule has 0 amide bonds. The molecule has 11 heteroatoms. The molecular formula is C19H17F3N2O6. The number of methoxy groups -OCH3 is 1. The number of hydrogen-bond acceptors (Lipinski definition) is 6. The quantitative estimate of drug-likeness (QED) is 0.605. The molecular weight excluding hydrogens is 409 g/mol. The van der Waals surface area contributed by atoms with Crippen LogP contribution in [0.1, 0.15) is 28.3 Å². The van der Waals surface area contributed by atoms with Gasteiger partial charge in [-0.3, -0.25) is 9.36 Å². The zero-order valence-electron chi connectivity index (χ0n) is 15.9. The minimum absolute atomic E-state index is 0.0216. The Morgan fingerprint density at radius 1 is 1.23 bits per heavy atom. The molecule has 2 heterocycles. The van der Waals surface area contributed by atoms with E-state index in [1.54, 1.807) is 0 Å². The molecule has 3 aromatic rings. The van der Waals surface area contributed by atoms with Crippen LogP contribution in [0.2, 0.25) is 0 Å². The molecule has 0 saturated carbocycles. The summed E-state index contributed by atoms with van der Waals surface area (Å²) in [5.74, 6) is -1.26. The average molecular weight is 426 g/mol. The fourth-order valence-electron chi connectivity index (χ4n) is 3.04. The molecule has 0 spiro atoms. The maximum absolute atomic E-state index is 13.6. The van der Waals surface area contributed by atoms with Gasteiger partial charge in [0.1, 0.15) is 11.5 Å². The molecule has 0 bridgehead atoms. The van der Waals surface area contributed by atoms with Gasteiger partial charge in [0.2, 0.25) is 5.60 Å². The number of rotatable bonds is 5. The van der Waals surface area contributed by atoms with E-state index in [-0.39, 0.29) is 22.2 Å². The first-order chi connectivity index (χ1) is 14.0. The lowest BCUT2D eigenvalue weighted by Gasteiger charge is -2.28. The SMILES string of the molecule is COC(=O)c1ccc2c(=O)n(CC[C@@](O)(c3ccc(C)o3)C(F)(F)F)c(=O)[nH]c2c1.